The van der Waals surface area contributed by atoms with Crippen LogP contribution < -0.4 is 10.2 Å². The van der Waals surface area contributed by atoms with Crippen molar-refractivity contribution in [3.8, 4) is 0 Å². The zero-order valence-corrected chi connectivity index (χ0v) is 22.4. The first-order valence-electron chi connectivity index (χ1n) is 13.7. The molecule has 4 aromatic rings. The molecule has 0 bridgehead atoms. The molecule has 2 atom stereocenters. The van der Waals surface area contributed by atoms with Crippen LogP contribution in [0.15, 0.2) is 78.9 Å². The van der Waals surface area contributed by atoms with Crippen molar-refractivity contribution in [1.29, 1.82) is 0 Å². The lowest BCUT2D eigenvalue weighted by molar-refractivity contribution is -0.141. The van der Waals surface area contributed by atoms with Gasteiger partial charge in [0.05, 0.1) is 5.69 Å². The van der Waals surface area contributed by atoms with Crippen molar-refractivity contribution >= 4 is 17.5 Å². The lowest BCUT2D eigenvalue weighted by Gasteiger charge is -2.33. The maximum absolute atomic E-state index is 13.2. The van der Waals surface area contributed by atoms with Crippen molar-refractivity contribution in [3.05, 3.63) is 107 Å². The number of hydrogen-bond donors (Lipinski definition) is 2. The third-order valence-electron chi connectivity index (χ3n) is 8.12. The standard InChI is InChI=1S/C31H30F3N5O2/c1-19-25-26(20-15-17-38(18-16-20)24-14-8-13-23(35-24)31(32,33)34)37-39(29(25)36-30(41)28(19)40)27(21-9-4-2-5-10-21)22-11-6-3-7-12-22/h2-14,19-20,27-28,40H,15-18H2,1H3,(H,36,41)/t19-,28-/m0/s1. The monoisotopic (exact) mass is 561 g/mol. The lowest BCUT2D eigenvalue weighted by atomic mass is 9.84. The number of fused-ring (bicyclic) bond motifs is 1. The molecule has 7 nitrogen and oxygen atoms in total. The van der Waals surface area contributed by atoms with Crippen LogP contribution in [0.4, 0.5) is 24.8 Å². The minimum absolute atomic E-state index is 0.0103. The number of rotatable bonds is 5. The third kappa shape index (κ3) is 5.08. The average Bonchev–Trinajstić information content (AvgIpc) is 3.35. The number of anilines is 2. The number of aromatic nitrogens is 3. The fraction of sp³-hybridized carbons (Fsp3) is 0.323. The molecule has 2 aromatic heterocycles. The smallest absolute Gasteiger partial charge is 0.383 e. The summed E-state index contributed by atoms with van der Waals surface area (Å²) in [4.78, 5) is 18.5. The Morgan fingerprint density at radius 3 is 2.12 bits per heavy atom. The van der Waals surface area contributed by atoms with Gasteiger partial charge < -0.3 is 15.3 Å². The summed E-state index contributed by atoms with van der Waals surface area (Å²) in [6, 6.07) is 23.5. The summed E-state index contributed by atoms with van der Waals surface area (Å²) < 4.78 is 41.6. The number of carbonyl (C=O) groups is 1. The van der Waals surface area contributed by atoms with Crippen LogP contribution in [0.3, 0.4) is 0 Å². The number of alkyl halides is 3. The fourth-order valence-electron chi connectivity index (χ4n) is 5.99. The molecular formula is C31H30F3N5O2. The first-order chi connectivity index (χ1) is 19.7. The number of piperidine rings is 1. The Bertz CT molecular complexity index is 1490. The molecule has 1 amide bonds. The summed E-state index contributed by atoms with van der Waals surface area (Å²) in [5.74, 6) is -0.0812. The molecule has 0 unspecified atom stereocenters. The Balaban J connectivity index is 1.38. The van der Waals surface area contributed by atoms with Gasteiger partial charge in [0.25, 0.3) is 5.91 Å². The van der Waals surface area contributed by atoms with Gasteiger partial charge >= 0.3 is 6.18 Å². The van der Waals surface area contributed by atoms with Crippen molar-refractivity contribution < 1.29 is 23.1 Å². The maximum Gasteiger partial charge on any atom is 0.433 e. The van der Waals surface area contributed by atoms with E-state index in [1.54, 1.807) is 6.07 Å². The summed E-state index contributed by atoms with van der Waals surface area (Å²) >= 11 is 0. The van der Waals surface area contributed by atoms with Gasteiger partial charge in [-0.1, -0.05) is 73.7 Å². The maximum atomic E-state index is 13.2. The van der Waals surface area contributed by atoms with E-state index in [9.17, 15) is 23.1 Å². The molecule has 1 fully saturated rings. The van der Waals surface area contributed by atoms with E-state index in [1.165, 1.54) is 6.07 Å². The van der Waals surface area contributed by atoms with Crippen LogP contribution in [0, 0.1) is 0 Å². The number of aliphatic hydroxyl groups excluding tert-OH is 1. The van der Waals surface area contributed by atoms with E-state index in [4.69, 9.17) is 5.10 Å². The number of halogens is 3. The van der Waals surface area contributed by atoms with E-state index in [0.29, 0.717) is 37.6 Å². The minimum Gasteiger partial charge on any atom is -0.383 e. The molecule has 0 radical (unpaired) electrons. The van der Waals surface area contributed by atoms with Crippen LogP contribution in [0.25, 0.3) is 0 Å². The molecule has 212 valence electrons. The van der Waals surface area contributed by atoms with Gasteiger partial charge in [0.2, 0.25) is 0 Å². The van der Waals surface area contributed by atoms with E-state index in [-0.39, 0.29) is 12.0 Å². The van der Waals surface area contributed by atoms with E-state index >= 15 is 0 Å². The van der Waals surface area contributed by atoms with E-state index in [2.05, 4.69) is 10.3 Å². The van der Waals surface area contributed by atoms with Crippen molar-refractivity contribution in [3.63, 3.8) is 0 Å². The van der Waals surface area contributed by atoms with Gasteiger partial charge in [-0.25, -0.2) is 9.67 Å². The van der Waals surface area contributed by atoms with Gasteiger partial charge in [-0.3, -0.25) is 4.79 Å². The van der Waals surface area contributed by atoms with Crippen LogP contribution in [-0.4, -0.2) is 45.0 Å². The van der Waals surface area contributed by atoms with E-state index < -0.39 is 29.8 Å². The number of amides is 1. The van der Waals surface area contributed by atoms with Crippen LogP contribution >= 0.6 is 0 Å². The summed E-state index contributed by atoms with van der Waals surface area (Å²) in [7, 11) is 0. The lowest BCUT2D eigenvalue weighted by Crippen LogP contribution is -2.38. The Kier molecular flexibility index (Phi) is 7.03. The number of aliphatic hydroxyl groups is 1. The van der Waals surface area contributed by atoms with Gasteiger partial charge in [-0.2, -0.15) is 18.3 Å². The Morgan fingerprint density at radius 1 is 0.927 bits per heavy atom. The van der Waals surface area contributed by atoms with Gasteiger partial charge in [-0.15, -0.1) is 0 Å². The molecule has 2 aliphatic heterocycles. The van der Waals surface area contributed by atoms with Crippen LogP contribution in [0.2, 0.25) is 0 Å². The highest BCUT2D eigenvalue weighted by atomic mass is 19.4. The highest BCUT2D eigenvalue weighted by molar-refractivity contribution is 5.97. The number of carbonyl (C=O) groups excluding carboxylic acids is 1. The zero-order chi connectivity index (χ0) is 28.7. The second-order valence-corrected chi connectivity index (χ2v) is 10.7. The second-order valence-electron chi connectivity index (χ2n) is 10.7. The van der Waals surface area contributed by atoms with Gasteiger partial charge in [-0.05, 0) is 36.1 Å². The molecule has 4 heterocycles. The second kappa shape index (κ2) is 10.7. The quantitative estimate of drug-likeness (QED) is 0.325. The molecule has 2 N–H and O–H groups in total. The minimum atomic E-state index is -4.50. The first-order valence-corrected chi connectivity index (χ1v) is 13.7. The Hall–Kier alpha value is -4.18. The van der Waals surface area contributed by atoms with Crippen molar-refractivity contribution in [2.24, 2.45) is 0 Å². The average molecular weight is 562 g/mol. The SMILES string of the molecule is C[C@H]1c2c(C3CCN(c4cccc(C(F)(F)F)n4)CC3)nn(C(c3ccccc3)c3ccccc3)c2NC(=O)[C@H]1O. The summed E-state index contributed by atoms with van der Waals surface area (Å²) in [6.45, 7) is 2.84. The summed E-state index contributed by atoms with van der Waals surface area (Å²) in [5.41, 5.74) is 2.70. The predicted molar refractivity (Wildman–Crippen MR) is 149 cm³/mol. The summed E-state index contributed by atoms with van der Waals surface area (Å²) in [6.07, 6.45) is -4.44. The Labute approximate surface area is 235 Å². The van der Waals surface area contributed by atoms with Crippen LogP contribution in [0.1, 0.15) is 65.7 Å². The number of nitrogens with one attached hydrogen (secondary N) is 1. The Morgan fingerprint density at radius 2 is 1.54 bits per heavy atom. The third-order valence-corrected chi connectivity index (χ3v) is 8.12. The fourth-order valence-corrected chi connectivity index (χ4v) is 5.99. The van der Waals surface area contributed by atoms with Crippen LogP contribution in [0.5, 0.6) is 0 Å². The zero-order valence-electron chi connectivity index (χ0n) is 22.4. The molecule has 41 heavy (non-hydrogen) atoms. The van der Waals surface area contributed by atoms with Crippen molar-refractivity contribution in [2.75, 3.05) is 23.3 Å². The molecular weight excluding hydrogens is 531 g/mol. The van der Waals surface area contributed by atoms with Crippen LogP contribution in [-0.2, 0) is 11.0 Å². The molecule has 10 heteroatoms. The van der Waals surface area contributed by atoms with E-state index in [0.717, 1.165) is 28.5 Å². The van der Waals surface area contributed by atoms with Crippen molar-refractivity contribution in [1.82, 2.24) is 14.8 Å². The molecule has 1 saturated heterocycles. The molecule has 0 spiro atoms. The largest absolute Gasteiger partial charge is 0.433 e. The molecule has 0 aliphatic carbocycles. The van der Waals surface area contributed by atoms with Gasteiger partial charge in [0.15, 0.2) is 0 Å². The molecule has 0 saturated carbocycles. The normalized spacial score (nSPS) is 19.8. The number of benzene rings is 2. The number of hydrogen-bond acceptors (Lipinski definition) is 5. The first kappa shape index (κ1) is 27.0. The van der Waals surface area contributed by atoms with Gasteiger partial charge in [0.1, 0.15) is 29.5 Å². The highest BCUT2D eigenvalue weighted by Crippen LogP contribution is 2.44. The van der Waals surface area contributed by atoms with Gasteiger partial charge in [0, 0.05) is 30.5 Å². The number of pyridine rings is 1. The molecule has 2 aromatic carbocycles. The molecule has 2 aliphatic rings. The summed E-state index contributed by atoms with van der Waals surface area (Å²) in [5, 5.41) is 18.8. The predicted octanol–water partition coefficient (Wildman–Crippen LogP) is 5.74. The van der Waals surface area contributed by atoms with E-state index in [1.807, 2.05) is 77.2 Å². The van der Waals surface area contributed by atoms with Crippen molar-refractivity contribution in [2.45, 2.75) is 49.9 Å². The highest BCUT2D eigenvalue weighted by Gasteiger charge is 2.41. The number of nitrogens with zero attached hydrogens (tertiary/aromatic N) is 4. The topological polar surface area (TPSA) is 83.3 Å². The molecule has 6 rings (SSSR count).